The largest absolute Gasteiger partial charge is 0.494 e. The Morgan fingerprint density at radius 1 is 1.07 bits per heavy atom. The third kappa shape index (κ3) is 8.99. The number of hydrogen-bond acceptors (Lipinski definition) is 11. The van der Waals surface area contributed by atoms with E-state index in [1.165, 1.54) is 31.6 Å². The highest BCUT2D eigenvalue weighted by Crippen LogP contribution is 2.34. The van der Waals surface area contributed by atoms with Crippen LogP contribution < -0.4 is 26.0 Å². The van der Waals surface area contributed by atoms with Gasteiger partial charge in [-0.1, -0.05) is 35.6 Å². The van der Waals surface area contributed by atoms with Gasteiger partial charge in [-0.2, -0.15) is 0 Å². The topological polar surface area (TPSA) is 175 Å². The van der Waals surface area contributed by atoms with Gasteiger partial charge >= 0.3 is 0 Å². The number of anilines is 3. The number of likely N-dealkylation sites (tertiary alicyclic amines) is 1. The Balaban J connectivity index is 0.845. The van der Waals surface area contributed by atoms with Crippen LogP contribution in [0.4, 0.5) is 21.6 Å². The monoisotopic (exact) mass is 806 g/mol. The number of carbonyl (C=O) groups excluding carboxylic acids is 5. The molecule has 1 aromatic heterocycles. The lowest BCUT2D eigenvalue weighted by molar-refractivity contribution is -0.136. The summed E-state index contributed by atoms with van der Waals surface area (Å²) in [6.45, 7) is 3.14. The smallest absolute Gasteiger partial charge is 0.263 e. The third-order valence-corrected chi connectivity index (χ3v) is 10.5. The minimum atomic E-state index is -1.02. The second kappa shape index (κ2) is 17.9. The predicted octanol–water partition coefficient (Wildman–Crippen LogP) is 4.96. The fourth-order valence-electron chi connectivity index (χ4n) is 7.22. The summed E-state index contributed by atoms with van der Waals surface area (Å²) in [5, 5.41) is 12.4. The first-order chi connectivity index (χ1) is 28.1. The van der Waals surface area contributed by atoms with E-state index < -0.39 is 35.5 Å². The quantitative estimate of drug-likeness (QED) is 0.0660. The van der Waals surface area contributed by atoms with Crippen LogP contribution in [-0.4, -0.2) is 94.7 Å². The van der Waals surface area contributed by atoms with E-state index in [2.05, 4.69) is 48.0 Å². The minimum Gasteiger partial charge on any atom is -0.494 e. The molecule has 3 aliphatic rings. The summed E-state index contributed by atoms with van der Waals surface area (Å²) < 4.78 is 19.2. The Hall–Kier alpha value is -6.21. The van der Waals surface area contributed by atoms with Gasteiger partial charge in [0, 0.05) is 54.2 Å². The molecule has 1 unspecified atom stereocenters. The second-order valence-electron chi connectivity index (χ2n) is 14.0. The van der Waals surface area contributed by atoms with Crippen molar-refractivity contribution in [3.8, 4) is 17.6 Å². The van der Waals surface area contributed by atoms with E-state index in [1.54, 1.807) is 36.4 Å². The number of ether oxygens (including phenoxy) is 1. The molecule has 0 radical (unpaired) electrons. The summed E-state index contributed by atoms with van der Waals surface area (Å²) in [6.07, 6.45) is 8.18. The van der Waals surface area contributed by atoms with Crippen LogP contribution in [0.15, 0.2) is 67.0 Å². The van der Waals surface area contributed by atoms with Crippen molar-refractivity contribution in [2.45, 2.75) is 50.6 Å². The van der Waals surface area contributed by atoms with Crippen molar-refractivity contribution in [1.29, 1.82) is 0 Å². The van der Waals surface area contributed by atoms with Crippen molar-refractivity contribution in [3.63, 3.8) is 0 Å². The lowest BCUT2D eigenvalue weighted by Gasteiger charge is -2.31. The number of fused-ring (bicyclic) bond motifs is 2. The number of nitrogens with zero attached hydrogens (tertiary/aromatic N) is 4. The number of methoxy groups -OCH3 is 1. The molecule has 5 amide bonds. The summed E-state index contributed by atoms with van der Waals surface area (Å²) in [5.74, 6) is 4.01. The van der Waals surface area contributed by atoms with Gasteiger partial charge < -0.3 is 20.7 Å². The Morgan fingerprint density at radius 2 is 1.90 bits per heavy atom. The van der Waals surface area contributed by atoms with Crippen molar-refractivity contribution in [2.75, 3.05) is 43.9 Å². The van der Waals surface area contributed by atoms with Crippen LogP contribution in [0.25, 0.3) is 10.9 Å². The molecule has 0 saturated carbocycles. The highest BCUT2D eigenvalue weighted by atomic mass is 35.5. The van der Waals surface area contributed by atoms with Crippen LogP contribution in [0.2, 0.25) is 5.02 Å². The van der Waals surface area contributed by atoms with Crippen LogP contribution in [0.3, 0.4) is 0 Å². The van der Waals surface area contributed by atoms with E-state index in [4.69, 9.17) is 16.3 Å². The zero-order valence-corrected chi connectivity index (χ0v) is 32.3. The molecule has 16 heteroatoms. The zero-order valence-electron chi connectivity index (χ0n) is 31.6. The molecule has 7 rings (SSSR count). The number of halogens is 2. The third-order valence-electron chi connectivity index (χ3n) is 10.2. The summed E-state index contributed by atoms with van der Waals surface area (Å²) in [4.78, 5) is 75.2. The molecule has 298 valence electrons. The molecule has 14 nitrogen and oxygen atoms in total. The molecule has 0 spiro atoms. The molecule has 4 heterocycles. The van der Waals surface area contributed by atoms with Gasteiger partial charge in [-0.25, -0.2) is 14.4 Å². The molecule has 2 saturated heterocycles. The standard InChI is InChI=1S/C42H40ClFN8O6/c1-58-35-23-32-29(39(47-24-46-32)48-27-11-12-31(44)30(43)21-27)22-33(35)49-36(53)10-6-18-51-19-15-26(16-20-51)45-17-4-2-3-7-25-8-5-9-28-38(25)42(57)52(41(28)56)34-13-14-37(54)50-40(34)55/h5-6,8-12,21-24,26,34,45H,2,4,13-20H2,1H3,(H,49,53)(H,46,47,48)(H,50,54,55)/b10-6+. The van der Waals surface area contributed by atoms with E-state index in [0.29, 0.717) is 58.4 Å². The second-order valence-corrected chi connectivity index (χ2v) is 14.5. The van der Waals surface area contributed by atoms with Gasteiger partial charge in [0.25, 0.3) is 11.8 Å². The van der Waals surface area contributed by atoms with Crippen molar-refractivity contribution in [3.05, 3.63) is 94.5 Å². The van der Waals surface area contributed by atoms with Crippen molar-refractivity contribution in [2.24, 2.45) is 0 Å². The molecular weight excluding hydrogens is 767 g/mol. The van der Waals surface area contributed by atoms with Crippen molar-refractivity contribution >= 4 is 69.2 Å². The summed E-state index contributed by atoms with van der Waals surface area (Å²) in [7, 11) is 1.51. The van der Waals surface area contributed by atoms with Gasteiger partial charge in [-0.15, -0.1) is 0 Å². The fourth-order valence-corrected chi connectivity index (χ4v) is 7.40. The van der Waals surface area contributed by atoms with E-state index in [-0.39, 0.29) is 34.9 Å². The number of imide groups is 2. The Morgan fingerprint density at radius 3 is 2.67 bits per heavy atom. The fraction of sp³-hybridized carbons (Fsp3) is 0.310. The Bertz CT molecular complexity index is 2390. The first-order valence-corrected chi connectivity index (χ1v) is 19.3. The number of unbranched alkanes of at least 4 members (excludes halogenated alkanes) is 1. The number of piperidine rings is 2. The van der Waals surface area contributed by atoms with Gasteiger partial charge in [0.05, 0.1) is 34.5 Å². The number of aromatic nitrogens is 2. The molecule has 1 atom stereocenters. The highest BCUT2D eigenvalue weighted by Gasteiger charge is 2.45. The first kappa shape index (κ1) is 40.0. The normalized spacial score (nSPS) is 17.3. The average Bonchev–Trinajstić information content (AvgIpc) is 3.47. The van der Waals surface area contributed by atoms with Crippen molar-refractivity contribution in [1.82, 2.24) is 30.4 Å². The van der Waals surface area contributed by atoms with E-state index in [9.17, 15) is 28.4 Å². The SMILES string of the molecule is COc1cc2ncnc(Nc3ccc(F)c(Cl)c3)c2cc1NC(=O)/C=C/CN1CCC(NCCCC#Cc2cccc3c2C(=O)N(C2CCC(=O)NC2=O)C3=O)CC1. The molecule has 2 fully saturated rings. The van der Waals surface area contributed by atoms with Crippen LogP contribution in [-0.2, 0) is 14.4 Å². The Kier molecular flexibility index (Phi) is 12.4. The maximum Gasteiger partial charge on any atom is 0.263 e. The summed E-state index contributed by atoms with van der Waals surface area (Å²) in [5.41, 5.74) is 2.41. The van der Waals surface area contributed by atoms with Gasteiger partial charge in [-0.05, 0) is 81.7 Å². The first-order valence-electron chi connectivity index (χ1n) is 18.9. The molecule has 4 N–H and O–H groups in total. The number of nitrogens with one attached hydrogen (secondary N) is 4. The molecular formula is C42H40ClFN8O6. The summed E-state index contributed by atoms with van der Waals surface area (Å²) >= 11 is 5.95. The van der Waals surface area contributed by atoms with Crippen LogP contribution in [0.5, 0.6) is 5.75 Å². The average molecular weight is 807 g/mol. The Labute approximate surface area is 338 Å². The molecule has 3 aromatic carbocycles. The van der Waals surface area contributed by atoms with Crippen LogP contribution >= 0.6 is 11.6 Å². The maximum absolute atomic E-state index is 13.7. The van der Waals surface area contributed by atoms with E-state index in [0.717, 1.165) is 43.8 Å². The van der Waals surface area contributed by atoms with Gasteiger partial charge in [0.2, 0.25) is 17.7 Å². The molecule has 0 bridgehead atoms. The zero-order chi connectivity index (χ0) is 40.8. The number of rotatable bonds is 12. The molecule has 4 aromatic rings. The highest BCUT2D eigenvalue weighted by molar-refractivity contribution is 6.31. The predicted molar refractivity (Wildman–Crippen MR) is 215 cm³/mol. The molecule has 0 aliphatic carbocycles. The van der Waals surface area contributed by atoms with E-state index >= 15 is 0 Å². The lowest BCUT2D eigenvalue weighted by atomic mass is 10.0. The van der Waals surface area contributed by atoms with E-state index in [1.807, 2.05) is 6.08 Å². The number of benzene rings is 3. The molecule has 3 aliphatic heterocycles. The van der Waals surface area contributed by atoms with Gasteiger partial charge in [-0.3, -0.25) is 39.1 Å². The number of carbonyl (C=O) groups is 5. The minimum absolute atomic E-state index is 0.0273. The van der Waals surface area contributed by atoms with Gasteiger partial charge in [0.15, 0.2) is 0 Å². The lowest BCUT2D eigenvalue weighted by Crippen LogP contribution is -2.54. The summed E-state index contributed by atoms with van der Waals surface area (Å²) in [6, 6.07) is 11.9. The van der Waals surface area contributed by atoms with Gasteiger partial charge in [0.1, 0.15) is 29.8 Å². The van der Waals surface area contributed by atoms with Crippen molar-refractivity contribution < 1.29 is 33.1 Å². The van der Waals surface area contributed by atoms with Crippen LogP contribution in [0, 0.1) is 17.7 Å². The number of hydrogen-bond donors (Lipinski definition) is 4. The number of amides is 5. The van der Waals surface area contributed by atoms with Crippen LogP contribution in [0.1, 0.15) is 64.8 Å². The maximum atomic E-state index is 13.7. The molecule has 58 heavy (non-hydrogen) atoms.